The van der Waals surface area contributed by atoms with E-state index < -0.39 is 29.2 Å². The third kappa shape index (κ3) is 9.42. The number of hydrogen-bond acceptors (Lipinski definition) is 1. The molecular formula is C36H52F6O. The molecule has 0 amide bonds. The van der Waals surface area contributed by atoms with Crippen LogP contribution in [0.3, 0.4) is 0 Å². The van der Waals surface area contributed by atoms with Crippen molar-refractivity contribution in [3.63, 3.8) is 0 Å². The molecule has 244 valence electrons. The van der Waals surface area contributed by atoms with Crippen LogP contribution in [0.5, 0.6) is 5.75 Å². The van der Waals surface area contributed by atoms with Crippen molar-refractivity contribution in [2.75, 3.05) is 6.61 Å². The average molecular weight is 615 g/mol. The van der Waals surface area contributed by atoms with Crippen molar-refractivity contribution in [2.45, 2.75) is 136 Å². The Labute approximate surface area is 255 Å². The van der Waals surface area contributed by atoms with Crippen LogP contribution in [0.15, 0.2) is 18.2 Å². The molecule has 0 radical (unpaired) electrons. The number of alkyl halides is 6. The van der Waals surface area contributed by atoms with Crippen molar-refractivity contribution in [1.82, 2.24) is 0 Å². The van der Waals surface area contributed by atoms with Crippen LogP contribution in [0.4, 0.5) is 26.3 Å². The van der Waals surface area contributed by atoms with Crippen LogP contribution in [-0.4, -0.2) is 6.61 Å². The van der Waals surface area contributed by atoms with E-state index >= 15 is 0 Å². The summed E-state index contributed by atoms with van der Waals surface area (Å²) in [6, 6.07) is 1.12. The molecule has 0 atom stereocenters. The largest absolute Gasteiger partial charge is 0.493 e. The number of aryl methyl sites for hydroxylation is 1. The molecule has 0 N–H and O–H groups in total. The highest BCUT2D eigenvalue weighted by molar-refractivity contribution is 5.52. The molecule has 0 aromatic heterocycles. The smallest absolute Gasteiger partial charge is 0.420 e. The summed E-state index contributed by atoms with van der Waals surface area (Å²) in [5.41, 5.74) is -3.30. The molecule has 3 saturated carbocycles. The Bertz CT molecular complexity index is 1030. The molecule has 3 fully saturated rings. The highest BCUT2D eigenvalue weighted by Gasteiger charge is 2.47. The lowest BCUT2D eigenvalue weighted by Gasteiger charge is -2.37. The lowest BCUT2D eigenvalue weighted by Crippen LogP contribution is -2.25. The van der Waals surface area contributed by atoms with Gasteiger partial charge >= 0.3 is 12.4 Å². The van der Waals surface area contributed by atoms with E-state index in [4.69, 9.17) is 4.74 Å². The second kappa shape index (κ2) is 15.1. The van der Waals surface area contributed by atoms with Crippen LogP contribution in [0.25, 0.3) is 0 Å². The third-order valence-electron chi connectivity index (χ3n) is 10.9. The van der Waals surface area contributed by atoms with Gasteiger partial charge in [0.25, 0.3) is 0 Å². The van der Waals surface area contributed by atoms with Gasteiger partial charge in [0.2, 0.25) is 0 Å². The quantitative estimate of drug-likeness (QED) is 0.145. The van der Waals surface area contributed by atoms with E-state index in [1.54, 1.807) is 0 Å². The molecule has 3 aliphatic carbocycles. The molecule has 0 aliphatic heterocycles. The molecule has 0 heterocycles. The van der Waals surface area contributed by atoms with Gasteiger partial charge in [0, 0.05) is 0 Å². The number of halogens is 6. The Morgan fingerprint density at radius 2 is 1.23 bits per heavy atom. The Morgan fingerprint density at radius 1 is 0.721 bits per heavy atom. The van der Waals surface area contributed by atoms with Gasteiger partial charge < -0.3 is 4.74 Å². The molecule has 4 rings (SSSR count). The van der Waals surface area contributed by atoms with Gasteiger partial charge in [-0.1, -0.05) is 57.6 Å². The second-order valence-corrected chi connectivity index (χ2v) is 14.0. The molecule has 43 heavy (non-hydrogen) atoms. The fraction of sp³-hybridized carbons (Fsp3) is 0.778. The van der Waals surface area contributed by atoms with Crippen molar-refractivity contribution >= 4 is 0 Å². The fourth-order valence-corrected chi connectivity index (χ4v) is 8.30. The average Bonchev–Trinajstić information content (AvgIpc) is 2.95. The highest BCUT2D eigenvalue weighted by atomic mass is 19.4. The molecule has 0 unspecified atom stereocenters. The number of benzene rings is 1. The molecule has 1 nitrogen and oxygen atoms in total. The summed E-state index contributed by atoms with van der Waals surface area (Å²) in [6.07, 6.45) is 12.4. The number of rotatable bonds is 10. The van der Waals surface area contributed by atoms with Gasteiger partial charge in [0.05, 0.1) is 12.2 Å². The minimum absolute atomic E-state index is 0.0109. The minimum atomic E-state index is -5.15. The van der Waals surface area contributed by atoms with Crippen LogP contribution in [-0.2, 0) is 18.8 Å². The normalized spacial score (nSPS) is 29.2. The van der Waals surface area contributed by atoms with Crippen molar-refractivity contribution in [3.8, 4) is 5.75 Å². The molecule has 1 aromatic rings. The molecule has 7 heteroatoms. The summed E-state index contributed by atoms with van der Waals surface area (Å²) in [7, 11) is 0. The number of ether oxygens (including phenoxy) is 1. The van der Waals surface area contributed by atoms with E-state index in [2.05, 4.69) is 19.1 Å². The molecule has 0 saturated heterocycles. The molecule has 1 aromatic carbocycles. The summed E-state index contributed by atoms with van der Waals surface area (Å²) >= 11 is 0. The monoisotopic (exact) mass is 614 g/mol. The minimum Gasteiger partial charge on any atom is -0.493 e. The van der Waals surface area contributed by atoms with Gasteiger partial charge in [0.1, 0.15) is 11.3 Å². The van der Waals surface area contributed by atoms with E-state index in [0.717, 1.165) is 48.5 Å². The van der Waals surface area contributed by atoms with E-state index in [1.165, 1.54) is 90.9 Å². The SMILES string of the molecule is CCOc1cc(C)c(CCCCC2CCC(C3CCC(/C=C/C4CCC(C)CC4)CC3)CC2)c(C(F)(F)F)c1C(F)(F)F. The highest BCUT2D eigenvalue weighted by Crippen LogP contribution is 2.48. The zero-order chi connectivity index (χ0) is 31.2. The summed E-state index contributed by atoms with van der Waals surface area (Å²) in [6.45, 7) is 5.15. The van der Waals surface area contributed by atoms with Crippen LogP contribution < -0.4 is 4.74 Å². The first-order chi connectivity index (χ1) is 20.4. The van der Waals surface area contributed by atoms with E-state index in [0.29, 0.717) is 12.3 Å². The Kier molecular flexibility index (Phi) is 12.0. The predicted octanol–water partition coefficient (Wildman–Crippen LogP) is 12.1. The Hall–Kier alpha value is -1.66. The zero-order valence-electron chi connectivity index (χ0n) is 26.4. The van der Waals surface area contributed by atoms with Crippen molar-refractivity contribution in [2.24, 2.45) is 35.5 Å². The first kappa shape index (κ1) is 34.2. The van der Waals surface area contributed by atoms with E-state index in [1.807, 2.05) is 0 Å². The molecule has 3 aliphatic rings. The Morgan fingerprint density at radius 3 is 1.74 bits per heavy atom. The molecular weight excluding hydrogens is 562 g/mol. The first-order valence-electron chi connectivity index (χ1n) is 17.0. The summed E-state index contributed by atoms with van der Waals surface area (Å²) < 4.78 is 88.5. The lowest BCUT2D eigenvalue weighted by atomic mass is 9.68. The van der Waals surface area contributed by atoms with Gasteiger partial charge in [-0.05, 0) is 131 Å². The van der Waals surface area contributed by atoms with Crippen LogP contribution in [0.1, 0.15) is 132 Å². The van der Waals surface area contributed by atoms with Crippen molar-refractivity contribution in [3.05, 3.63) is 40.5 Å². The topological polar surface area (TPSA) is 9.23 Å². The maximum atomic E-state index is 14.0. The number of unbranched alkanes of at least 4 members (excludes halogenated alkanes) is 1. The lowest BCUT2D eigenvalue weighted by molar-refractivity contribution is -0.163. The van der Waals surface area contributed by atoms with E-state index in [9.17, 15) is 26.3 Å². The van der Waals surface area contributed by atoms with Gasteiger partial charge in [-0.2, -0.15) is 26.3 Å². The van der Waals surface area contributed by atoms with Gasteiger partial charge in [-0.3, -0.25) is 0 Å². The van der Waals surface area contributed by atoms with Gasteiger partial charge in [-0.25, -0.2) is 0 Å². The Balaban J connectivity index is 1.22. The van der Waals surface area contributed by atoms with E-state index in [-0.39, 0.29) is 24.2 Å². The fourth-order valence-electron chi connectivity index (χ4n) is 8.30. The standard InChI is InChI=1S/C36H52F6O/c1-4-43-32-23-25(3)31(33(35(37,38)39)34(32)36(40,41)42)8-6-5-7-26-15-19-29(20-16-26)30-21-17-28(18-22-30)14-13-27-11-9-24(2)10-12-27/h13-14,23-24,26-30H,4-12,15-22H2,1-3H3/b14-13+. The summed E-state index contributed by atoms with van der Waals surface area (Å²) in [5.74, 6) is 3.89. The molecule has 0 spiro atoms. The van der Waals surface area contributed by atoms with Gasteiger partial charge in [-0.15, -0.1) is 0 Å². The predicted molar refractivity (Wildman–Crippen MR) is 161 cm³/mol. The van der Waals surface area contributed by atoms with Crippen LogP contribution in [0, 0.1) is 42.4 Å². The number of allylic oxidation sites excluding steroid dienone is 2. The second-order valence-electron chi connectivity index (χ2n) is 14.0. The number of hydrogen-bond donors (Lipinski definition) is 0. The first-order valence-corrected chi connectivity index (χ1v) is 17.0. The molecule has 0 bridgehead atoms. The maximum absolute atomic E-state index is 14.0. The zero-order valence-corrected chi connectivity index (χ0v) is 26.4. The maximum Gasteiger partial charge on any atom is 0.420 e. The van der Waals surface area contributed by atoms with Crippen LogP contribution in [0.2, 0.25) is 0 Å². The third-order valence-corrected chi connectivity index (χ3v) is 10.9. The van der Waals surface area contributed by atoms with Crippen molar-refractivity contribution < 1.29 is 31.1 Å². The summed E-state index contributed by atoms with van der Waals surface area (Å²) in [4.78, 5) is 0. The van der Waals surface area contributed by atoms with Crippen molar-refractivity contribution in [1.29, 1.82) is 0 Å². The summed E-state index contributed by atoms with van der Waals surface area (Å²) in [5, 5.41) is 0. The van der Waals surface area contributed by atoms with Crippen LogP contribution >= 0.6 is 0 Å². The van der Waals surface area contributed by atoms with Gasteiger partial charge in [0.15, 0.2) is 0 Å².